The number of likely N-dealkylation sites (tertiary alicyclic amines) is 1. The summed E-state index contributed by atoms with van der Waals surface area (Å²) in [7, 11) is -1.91. The van der Waals surface area contributed by atoms with Gasteiger partial charge in [0.2, 0.25) is 11.8 Å². The van der Waals surface area contributed by atoms with Gasteiger partial charge >= 0.3 is 5.97 Å². The standard InChI is InChI=1S/C25H30N6O7S/c1-37-22(33)11-17-10-19(31(25(17)34)14-21(32)30-6-8-39(35,36)9-7-30)15-38-20-4-2-16(3-5-20)24-28-12-18(13-29-24)23(26)27/h2-5,12-13,17,19H,6-11,14-15H2,1H3,(H3,26,27)/t17-,19-/m0/s1. The van der Waals surface area contributed by atoms with Gasteiger partial charge in [0, 0.05) is 31.0 Å². The number of aromatic nitrogens is 2. The van der Waals surface area contributed by atoms with Crippen molar-refractivity contribution in [1.82, 2.24) is 19.8 Å². The summed E-state index contributed by atoms with van der Waals surface area (Å²) in [6.07, 6.45) is 3.14. The molecule has 2 aliphatic heterocycles. The van der Waals surface area contributed by atoms with Crippen molar-refractivity contribution in [1.29, 1.82) is 5.41 Å². The van der Waals surface area contributed by atoms with Crippen LogP contribution in [0, 0.1) is 11.3 Å². The zero-order valence-corrected chi connectivity index (χ0v) is 22.2. The van der Waals surface area contributed by atoms with E-state index in [1.54, 1.807) is 24.3 Å². The molecule has 0 spiro atoms. The Hall–Kier alpha value is -4.07. The van der Waals surface area contributed by atoms with Crippen LogP contribution in [0.5, 0.6) is 5.75 Å². The highest BCUT2D eigenvalue weighted by Crippen LogP contribution is 2.29. The number of esters is 1. The molecule has 3 N–H and O–H groups in total. The molecule has 2 saturated heterocycles. The molecule has 2 fully saturated rings. The maximum Gasteiger partial charge on any atom is 0.306 e. The molecular formula is C25H30N6O7S. The van der Waals surface area contributed by atoms with Gasteiger partial charge in [0.25, 0.3) is 0 Å². The summed E-state index contributed by atoms with van der Waals surface area (Å²) < 4.78 is 34.1. The van der Waals surface area contributed by atoms with Crippen molar-refractivity contribution in [2.45, 2.75) is 18.9 Å². The second-order valence-corrected chi connectivity index (χ2v) is 11.7. The molecule has 3 heterocycles. The van der Waals surface area contributed by atoms with Crippen molar-refractivity contribution in [2.75, 3.05) is 44.9 Å². The number of hydrogen-bond donors (Lipinski definition) is 2. The van der Waals surface area contributed by atoms with Crippen molar-refractivity contribution >= 4 is 33.5 Å². The van der Waals surface area contributed by atoms with E-state index in [0.29, 0.717) is 23.6 Å². The lowest BCUT2D eigenvalue weighted by atomic mass is 10.0. The number of ether oxygens (including phenoxy) is 2. The Morgan fingerprint density at radius 1 is 1.13 bits per heavy atom. The lowest BCUT2D eigenvalue weighted by molar-refractivity contribution is -0.146. The van der Waals surface area contributed by atoms with Gasteiger partial charge in [-0.25, -0.2) is 18.4 Å². The van der Waals surface area contributed by atoms with Crippen LogP contribution in [0.15, 0.2) is 36.7 Å². The van der Waals surface area contributed by atoms with E-state index in [1.165, 1.54) is 29.3 Å². The van der Waals surface area contributed by atoms with Crippen molar-refractivity contribution in [3.63, 3.8) is 0 Å². The number of carbonyl (C=O) groups is 3. The normalized spacial score (nSPS) is 20.5. The fourth-order valence-corrected chi connectivity index (χ4v) is 5.71. The lowest BCUT2D eigenvalue weighted by Crippen LogP contribution is -2.50. The van der Waals surface area contributed by atoms with E-state index >= 15 is 0 Å². The molecule has 39 heavy (non-hydrogen) atoms. The zero-order chi connectivity index (χ0) is 28.2. The second-order valence-electron chi connectivity index (χ2n) is 9.41. The lowest BCUT2D eigenvalue weighted by Gasteiger charge is -2.30. The number of nitrogen functional groups attached to an aromatic ring is 1. The highest BCUT2D eigenvalue weighted by molar-refractivity contribution is 7.91. The Morgan fingerprint density at radius 2 is 1.77 bits per heavy atom. The summed E-state index contributed by atoms with van der Waals surface area (Å²) in [6, 6.07) is 6.52. The molecule has 13 nitrogen and oxygen atoms in total. The molecule has 4 rings (SSSR count). The maximum absolute atomic E-state index is 13.1. The summed E-state index contributed by atoms with van der Waals surface area (Å²) in [6.45, 7) is 0.0400. The van der Waals surface area contributed by atoms with E-state index < -0.39 is 27.8 Å². The SMILES string of the molecule is COC(=O)C[C@@H]1C[C@@H](COc2ccc(-c3ncc(C(=N)N)cn3)cc2)N(CC(=O)N2CCS(=O)(=O)CC2)C1=O. The van der Waals surface area contributed by atoms with Gasteiger partial charge in [-0.3, -0.25) is 19.8 Å². The first kappa shape index (κ1) is 28.0. The molecular weight excluding hydrogens is 528 g/mol. The smallest absolute Gasteiger partial charge is 0.306 e. The van der Waals surface area contributed by atoms with E-state index in [2.05, 4.69) is 9.97 Å². The summed E-state index contributed by atoms with van der Waals surface area (Å²) in [5, 5.41) is 7.43. The molecule has 2 atom stereocenters. The molecule has 0 radical (unpaired) electrons. The Bertz CT molecular complexity index is 1330. The Labute approximate surface area is 225 Å². The van der Waals surface area contributed by atoms with Crippen LogP contribution in [-0.2, 0) is 29.0 Å². The van der Waals surface area contributed by atoms with Crippen molar-refractivity contribution in [2.24, 2.45) is 11.7 Å². The number of hydrogen-bond acceptors (Lipinski definition) is 10. The first-order valence-corrected chi connectivity index (χ1v) is 14.1. The molecule has 1 aromatic heterocycles. The van der Waals surface area contributed by atoms with Gasteiger partial charge in [0.05, 0.1) is 42.6 Å². The predicted molar refractivity (Wildman–Crippen MR) is 139 cm³/mol. The van der Waals surface area contributed by atoms with Crippen LogP contribution < -0.4 is 10.5 Å². The minimum Gasteiger partial charge on any atom is -0.491 e. The number of benzene rings is 1. The zero-order valence-electron chi connectivity index (χ0n) is 21.4. The second kappa shape index (κ2) is 11.8. The van der Waals surface area contributed by atoms with E-state index in [9.17, 15) is 22.8 Å². The summed E-state index contributed by atoms with van der Waals surface area (Å²) in [5.74, 6) is -1.20. The Kier molecular flexibility index (Phi) is 8.43. The number of rotatable bonds is 9. The van der Waals surface area contributed by atoms with Gasteiger partial charge in [-0.15, -0.1) is 0 Å². The first-order chi connectivity index (χ1) is 18.6. The van der Waals surface area contributed by atoms with Crippen molar-refractivity contribution in [3.05, 3.63) is 42.2 Å². The molecule has 0 aliphatic carbocycles. The number of amides is 2. The van der Waals surface area contributed by atoms with Gasteiger partial charge < -0.3 is 25.0 Å². The minimum absolute atomic E-state index is 0.0868. The quantitative estimate of drug-likeness (QED) is 0.238. The van der Waals surface area contributed by atoms with Gasteiger partial charge in [0.15, 0.2) is 15.7 Å². The van der Waals surface area contributed by atoms with Gasteiger partial charge in [0.1, 0.15) is 24.7 Å². The summed E-state index contributed by atoms with van der Waals surface area (Å²) in [5.41, 5.74) is 6.58. The molecule has 2 aliphatic rings. The van der Waals surface area contributed by atoms with Crippen LogP contribution in [0.2, 0.25) is 0 Å². The van der Waals surface area contributed by atoms with Crippen LogP contribution in [0.1, 0.15) is 18.4 Å². The topological polar surface area (TPSA) is 186 Å². The predicted octanol–water partition coefficient (Wildman–Crippen LogP) is -0.156. The maximum atomic E-state index is 13.1. The third-order valence-electron chi connectivity index (χ3n) is 6.79. The molecule has 2 amide bonds. The monoisotopic (exact) mass is 558 g/mol. The number of nitrogens with two attached hydrogens (primary N) is 1. The highest BCUT2D eigenvalue weighted by Gasteiger charge is 2.42. The van der Waals surface area contributed by atoms with Gasteiger partial charge in [-0.2, -0.15) is 0 Å². The van der Waals surface area contributed by atoms with E-state index in [0.717, 1.165) is 5.56 Å². The first-order valence-electron chi connectivity index (χ1n) is 12.3. The third kappa shape index (κ3) is 6.88. The van der Waals surface area contributed by atoms with Crippen molar-refractivity contribution < 1.29 is 32.3 Å². The van der Waals surface area contributed by atoms with Gasteiger partial charge in [-0.05, 0) is 30.7 Å². The fraction of sp³-hybridized carbons (Fsp3) is 0.440. The van der Waals surface area contributed by atoms with E-state index in [1.807, 2.05) is 0 Å². The van der Waals surface area contributed by atoms with Crippen LogP contribution in [0.3, 0.4) is 0 Å². The van der Waals surface area contributed by atoms with E-state index in [-0.39, 0.29) is 61.8 Å². The molecule has 0 unspecified atom stereocenters. The number of methoxy groups -OCH3 is 1. The number of carbonyl (C=O) groups excluding carboxylic acids is 3. The van der Waals surface area contributed by atoms with Crippen LogP contribution >= 0.6 is 0 Å². The average molecular weight is 559 g/mol. The summed E-state index contributed by atoms with van der Waals surface area (Å²) in [4.78, 5) is 49.2. The molecule has 0 bridgehead atoms. The summed E-state index contributed by atoms with van der Waals surface area (Å²) >= 11 is 0. The molecule has 14 heteroatoms. The fourth-order valence-electron chi connectivity index (χ4n) is 4.51. The highest BCUT2D eigenvalue weighted by atomic mass is 32.2. The number of sulfone groups is 1. The van der Waals surface area contributed by atoms with E-state index in [4.69, 9.17) is 20.6 Å². The Morgan fingerprint density at radius 3 is 2.36 bits per heavy atom. The van der Waals surface area contributed by atoms with Crippen LogP contribution in [0.25, 0.3) is 11.4 Å². The molecule has 2 aromatic rings. The number of amidine groups is 1. The van der Waals surface area contributed by atoms with Crippen molar-refractivity contribution in [3.8, 4) is 17.1 Å². The third-order valence-corrected chi connectivity index (χ3v) is 8.40. The molecule has 1 aromatic carbocycles. The van der Waals surface area contributed by atoms with Gasteiger partial charge in [-0.1, -0.05) is 0 Å². The minimum atomic E-state index is -3.16. The number of nitrogens with one attached hydrogen (secondary N) is 1. The molecule has 0 saturated carbocycles. The Balaban J connectivity index is 1.41. The average Bonchev–Trinajstić information content (AvgIpc) is 3.21. The van der Waals surface area contributed by atoms with Crippen LogP contribution in [0.4, 0.5) is 0 Å². The largest absolute Gasteiger partial charge is 0.491 e. The molecule has 208 valence electrons. The number of nitrogens with zero attached hydrogens (tertiary/aromatic N) is 4. The van der Waals surface area contributed by atoms with Crippen LogP contribution in [-0.4, -0.2) is 103 Å².